The van der Waals surface area contributed by atoms with Gasteiger partial charge in [0, 0.05) is 15.3 Å². The lowest BCUT2D eigenvalue weighted by Crippen LogP contribution is -2.01. The fraction of sp³-hybridized carbons (Fsp3) is 0.125. The van der Waals surface area contributed by atoms with Gasteiger partial charge in [0.2, 0.25) is 5.88 Å². The van der Waals surface area contributed by atoms with Crippen LogP contribution in [0.15, 0.2) is 42.6 Å². The minimum atomic E-state index is 0.422. The monoisotopic (exact) mass is 407 g/mol. The van der Waals surface area contributed by atoms with E-state index in [-0.39, 0.29) is 0 Å². The number of hydrogen-bond acceptors (Lipinski definition) is 4. The van der Waals surface area contributed by atoms with Gasteiger partial charge in [-0.05, 0) is 35.6 Å². The zero-order valence-electron chi connectivity index (χ0n) is 12.1. The summed E-state index contributed by atoms with van der Waals surface area (Å²) in [5, 5.41) is 10.6. The first-order chi connectivity index (χ1) is 10.6. The summed E-state index contributed by atoms with van der Waals surface area (Å²) in [6.07, 6.45) is 1.67. The topological polar surface area (TPSA) is 60.2 Å². The van der Waals surface area contributed by atoms with Crippen molar-refractivity contribution in [3.05, 3.63) is 51.9 Å². The maximum absolute atomic E-state index is 10.6. The van der Waals surface area contributed by atoms with Crippen LogP contribution in [0.25, 0.3) is 22.6 Å². The molecule has 0 saturated heterocycles. The van der Waals surface area contributed by atoms with E-state index < -0.39 is 0 Å². The number of pyridine rings is 1. The van der Waals surface area contributed by atoms with Crippen LogP contribution >= 0.6 is 22.6 Å². The van der Waals surface area contributed by atoms with Gasteiger partial charge in [-0.3, -0.25) is 0 Å². The Morgan fingerprint density at radius 2 is 1.91 bits per heavy atom. The van der Waals surface area contributed by atoms with E-state index in [1.54, 1.807) is 13.3 Å². The molecule has 0 unspecified atom stereocenters. The SMILES string of the molecule is COc1nccc(I)c1-c1nc(C)c(-c2ccccc2)n1O. The molecule has 2 aromatic heterocycles. The Balaban J connectivity index is 2.24. The Morgan fingerprint density at radius 3 is 2.59 bits per heavy atom. The van der Waals surface area contributed by atoms with Crippen LogP contribution in [0.1, 0.15) is 5.69 Å². The van der Waals surface area contributed by atoms with Crippen LogP contribution < -0.4 is 4.74 Å². The predicted octanol–water partition coefficient (Wildman–Crippen LogP) is 3.77. The van der Waals surface area contributed by atoms with Crippen molar-refractivity contribution in [3.63, 3.8) is 0 Å². The lowest BCUT2D eigenvalue weighted by Gasteiger charge is -2.09. The first-order valence-electron chi connectivity index (χ1n) is 6.66. The van der Waals surface area contributed by atoms with E-state index in [0.29, 0.717) is 23.0 Å². The molecule has 0 saturated carbocycles. The summed E-state index contributed by atoms with van der Waals surface area (Å²) in [5.41, 5.74) is 2.99. The smallest absolute Gasteiger partial charge is 0.225 e. The van der Waals surface area contributed by atoms with Gasteiger partial charge in [-0.2, -0.15) is 4.73 Å². The molecule has 6 heteroatoms. The van der Waals surface area contributed by atoms with Crippen LogP contribution in [-0.2, 0) is 0 Å². The average Bonchev–Trinajstić information content (AvgIpc) is 2.82. The second-order valence-corrected chi connectivity index (χ2v) is 5.89. The molecular formula is C16H14IN3O2. The minimum absolute atomic E-state index is 0.422. The number of aromatic nitrogens is 3. The molecule has 0 bridgehead atoms. The van der Waals surface area contributed by atoms with Crippen molar-refractivity contribution in [2.75, 3.05) is 7.11 Å². The molecule has 5 nitrogen and oxygen atoms in total. The third-order valence-electron chi connectivity index (χ3n) is 3.36. The average molecular weight is 407 g/mol. The number of imidazole rings is 1. The first-order valence-corrected chi connectivity index (χ1v) is 7.74. The largest absolute Gasteiger partial charge is 0.480 e. The van der Waals surface area contributed by atoms with Crippen LogP contribution in [0.5, 0.6) is 5.88 Å². The van der Waals surface area contributed by atoms with Gasteiger partial charge in [0.15, 0.2) is 5.82 Å². The van der Waals surface area contributed by atoms with Gasteiger partial charge in [-0.1, -0.05) is 30.3 Å². The maximum Gasteiger partial charge on any atom is 0.225 e. The van der Waals surface area contributed by atoms with Gasteiger partial charge in [-0.15, -0.1) is 0 Å². The summed E-state index contributed by atoms with van der Waals surface area (Å²) in [6.45, 7) is 1.87. The van der Waals surface area contributed by atoms with Crippen molar-refractivity contribution in [1.29, 1.82) is 0 Å². The van der Waals surface area contributed by atoms with E-state index in [2.05, 4.69) is 32.6 Å². The summed E-state index contributed by atoms with van der Waals surface area (Å²) in [7, 11) is 1.55. The normalized spacial score (nSPS) is 10.7. The zero-order valence-corrected chi connectivity index (χ0v) is 14.3. The van der Waals surface area contributed by atoms with Crippen molar-refractivity contribution in [2.45, 2.75) is 6.92 Å². The fourth-order valence-electron chi connectivity index (χ4n) is 2.38. The summed E-state index contributed by atoms with van der Waals surface area (Å²) in [5.74, 6) is 0.859. The molecule has 3 rings (SSSR count). The minimum Gasteiger partial charge on any atom is -0.480 e. The molecule has 1 N–H and O–H groups in total. The standard InChI is InChI=1S/C16H14IN3O2/c1-10-14(11-6-4-3-5-7-11)20(21)15(19-10)13-12(17)8-9-18-16(13)22-2/h3-9,21H,1-2H3. The van der Waals surface area contributed by atoms with Crippen molar-refractivity contribution in [3.8, 4) is 28.5 Å². The highest BCUT2D eigenvalue weighted by molar-refractivity contribution is 14.1. The zero-order chi connectivity index (χ0) is 15.7. The molecular weight excluding hydrogens is 393 g/mol. The van der Waals surface area contributed by atoms with E-state index in [1.165, 1.54) is 0 Å². The Bertz CT molecular complexity index is 816. The van der Waals surface area contributed by atoms with Gasteiger partial charge < -0.3 is 9.94 Å². The Morgan fingerprint density at radius 1 is 1.18 bits per heavy atom. The maximum atomic E-state index is 10.6. The van der Waals surface area contributed by atoms with Crippen LogP contribution in [-0.4, -0.2) is 27.0 Å². The van der Waals surface area contributed by atoms with Crippen LogP contribution in [0.4, 0.5) is 0 Å². The Labute approximate surface area is 141 Å². The van der Waals surface area contributed by atoms with Crippen LogP contribution in [0.2, 0.25) is 0 Å². The highest BCUT2D eigenvalue weighted by Gasteiger charge is 2.22. The lowest BCUT2D eigenvalue weighted by atomic mass is 10.1. The number of ether oxygens (including phenoxy) is 1. The van der Waals surface area contributed by atoms with Gasteiger partial charge >= 0.3 is 0 Å². The Hall–Kier alpha value is -2.09. The van der Waals surface area contributed by atoms with E-state index in [4.69, 9.17) is 4.74 Å². The third kappa shape index (κ3) is 2.43. The van der Waals surface area contributed by atoms with Crippen molar-refractivity contribution < 1.29 is 9.94 Å². The van der Waals surface area contributed by atoms with Gasteiger partial charge in [-0.25, -0.2) is 9.97 Å². The molecule has 0 spiro atoms. The molecule has 3 aromatic rings. The number of halogens is 1. The van der Waals surface area contributed by atoms with E-state index in [0.717, 1.165) is 19.6 Å². The molecule has 0 radical (unpaired) electrons. The number of benzene rings is 1. The van der Waals surface area contributed by atoms with Crippen molar-refractivity contribution in [1.82, 2.24) is 14.7 Å². The predicted molar refractivity (Wildman–Crippen MR) is 92.1 cm³/mol. The number of rotatable bonds is 3. The van der Waals surface area contributed by atoms with Gasteiger partial charge in [0.1, 0.15) is 5.69 Å². The highest BCUT2D eigenvalue weighted by atomic mass is 127. The number of hydrogen-bond donors (Lipinski definition) is 1. The number of methoxy groups -OCH3 is 1. The van der Waals surface area contributed by atoms with Crippen LogP contribution in [0.3, 0.4) is 0 Å². The molecule has 2 heterocycles. The molecule has 0 fully saturated rings. The van der Waals surface area contributed by atoms with E-state index >= 15 is 0 Å². The van der Waals surface area contributed by atoms with E-state index in [1.807, 2.05) is 43.3 Å². The van der Waals surface area contributed by atoms with Crippen molar-refractivity contribution in [2.24, 2.45) is 0 Å². The summed E-state index contributed by atoms with van der Waals surface area (Å²) >= 11 is 2.18. The number of nitrogens with zero attached hydrogens (tertiary/aromatic N) is 3. The van der Waals surface area contributed by atoms with Gasteiger partial charge in [0.05, 0.1) is 18.4 Å². The first kappa shape index (κ1) is 14.8. The van der Waals surface area contributed by atoms with Crippen LogP contribution in [0, 0.1) is 10.5 Å². The van der Waals surface area contributed by atoms with E-state index in [9.17, 15) is 5.21 Å². The van der Waals surface area contributed by atoms with Gasteiger partial charge in [0.25, 0.3) is 0 Å². The molecule has 0 aliphatic carbocycles. The molecule has 112 valence electrons. The second-order valence-electron chi connectivity index (χ2n) is 4.72. The fourth-order valence-corrected chi connectivity index (χ4v) is 3.02. The molecule has 0 aliphatic heterocycles. The second kappa shape index (κ2) is 5.96. The molecule has 0 atom stereocenters. The molecule has 0 aliphatic rings. The molecule has 0 amide bonds. The number of aryl methyl sites for hydroxylation is 1. The highest BCUT2D eigenvalue weighted by Crippen LogP contribution is 2.35. The molecule has 1 aromatic carbocycles. The Kier molecular flexibility index (Phi) is 4.02. The third-order valence-corrected chi connectivity index (χ3v) is 4.26. The quantitative estimate of drug-likeness (QED) is 0.531. The summed E-state index contributed by atoms with van der Waals surface area (Å²) < 4.78 is 7.32. The molecule has 22 heavy (non-hydrogen) atoms. The summed E-state index contributed by atoms with van der Waals surface area (Å²) in [4.78, 5) is 8.71. The van der Waals surface area contributed by atoms with Crippen molar-refractivity contribution >= 4 is 22.6 Å². The lowest BCUT2D eigenvalue weighted by molar-refractivity contribution is 0.195. The summed E-state index contributed by atoms with van der Waals surface area (Å²) in [6, 6.07) is 11.5.